The van der Waals surface area contributed by atoms with Gasteiger partial charge < -0.3 is 10.4 Å². The van der Waals surface area contributed by atoms with Crippen LogP contribution in [0.15, 0.2) is 16.8 Å². The summed E-state index contributed by atoms with van der Waals surface area (Å²) in [6.07, 6.45) is 1.32. The molecule has 4 heteroatoms. The Morgan fingerprint density at radius 3 is 2.67 bits per heavy atom. The van der Waals surface area contributed by atoms with Crippen molar-refractivity contribution in [2.45, 2.75) is 13.8 Å². The predicted octanol–water partition coefficient (Wildman–Crippen LogP) is 0.655. The maximum atomic E-state index is 10.9. The molecule has 0 heterocycles. The molecule has 0 aromatic rings. The zero-order chi connectivity index (χ0) is 9.56. The van der Waals surface area contributed by atoms with E-state index in [4.69, 9.17) is 5.11 Å². The second-order valence-corrected chi connectivity index (χ2v) is 2.25. The van der Waals surface area contributed by atoms with Gasteiger partial charge in [-0.25, -0.2) is 0 Å². The Labute approximate surface area is 72.0 Å². The molecule has 1 amide bonds. The first kappa shape index (κ1) is 10.7. The highest BCUT2D eigenvalue weighted by Crippen LogP contribution is 1.89. The van der Waals surface area contributed by atoms with Crippen LogP contribution in [0.4, 0.5) is 0 Å². The summed E-state index contributed by atoms with van der Waals surface area (Å²) in [5.41, 5.74) is 0.610. The van der Waals surface area contributed by atoms with Gasteiger partial charge in [-0.1, -0.05) is 0 Å². The summed E-state index contributed by atoms with van der Waals surface area (Å²) in [5, 5.41) is 11.6. The van der Waals surface area contributed by atoms with Crippen LogP contribution in [0, 0.1) is 0 Å². The van der Waals surface area contributed by atoms with E-state index in [0.717, 1.165) is 0 Å². The monoisotopic (exact) mass is 170 g/mol. The van der Waals surface area contributed by atoms with E-state index in [2.05, 4.69) is 10.3 Å². The first-order valence-corrected chi connectivity index (χ1v) is 3.74. The minimum atomic E-state index is -0.472. The number of nitrogens with one attached hydrogen (secondary N) is 1. The maximum absolute atomic E-state index is 10.9. The summed E-state index contributed by atoms with van der Waals surface area (Å²) in [4.78, 5) is 14.7. The molecule has 0 aliphatic carbocycles. The van der Waals surface area contributed by atoms with Crippen molar-refractivity contribution >= 4 is 11.6 Å². The van der Waals surface area contributed by atoms with E-state index >= 15 is 0 Å². The van der Waals surface area contributed by atoms with E-state index in [0.29, 0.717) is 12.3 Å². The summed E-state index contributed by atoms with van der Waals surface area (Å²) in [6.45, 7) is 3.99. The molecule has 0 saturated heterocycles. The number of hydrogen-bond donors (Lipinski definition) is 2. The smallest absolute Gasteiger partial charge is 0.286 e. The van der Waals surface area contributed by atoms with Crippen LogP contribution >= 0.6 is 0 Å². The first-order valence-electron chi connectivity index (χ1n) is 3.74. The summed E-state index contributed by atoms with van der Waals surface area (Å²) >= 11 is 0. The number of hydrogen-bond acceptors (Lipinski definition) is 3. The molecule has 0 rings (SSSR count). The highest BCUT2D eigenvalue weighted by molar-refractivity contribution is 6.01. The van der Waals surface area contributed by atoms with Gasteiger partial charge in [-0.2, -0.15) is 0 Å². The lowest BCUT2D eigenvalue weighted by Gasteiger charge is -1.99. The van der Waals surface area contributed by atoms with Gasteiger partial charge in [0, 0.05) is 25.4 Å². The molecule has 0 aliphatic rings. The molecule has 0 fully saturated rings. The molecule has 0 unspecified atom stereocenters. The average molecular weight is 170 g/mol. The number of rotatable bonds is 3. The quantitative estimate of drug-likeness (QED) is 0.371. The van der Waals surface area contributed by atoms with Crippen molar-refractivity contribution in [1.29, 1.82) is 0 Å². The maximum Gasteiger partial charge on any atom is 0.286 e. The van der Waals surface area contributed by atoms with Gasteiger partial charge >= 0.3 is 0 Å². The van der Waals surface area contributed by atoms with Gasteiger partial charge in [-0.15, -0.1) is 0 Å². The predicted molar refractivity (Wildman–Crippen MR) is 48.4 cm³/mol. The zero-order valence-corrected chi connectivity index (χ0v) is 7.59. The largest absolute Gasteiger partial charge is 0.503 e. The molecule has 12 heavy (non-hydrogen) atoms. The fourth-order valence-electron chi connectivity index (χ4n) is 0.579. The van der Waals surface area contributed by atoms with E-state index in [1.54, 1.807) is 20.9 Å². The van der Waals surface area contributed by atoms with Crippen LogP contribution in [-0.4, -0.2) is 30.3 Å². The lowest BCUT2D eigenvalue weighted by molar-refractivity contribution is -0.119. The van der Waals surface area contributed by atoms with Crippen molar-refractivity contribution in [3.8, 4) is 0 Å². The first-order chi connectivity index (χ1) is 5.61. The molecule has 68 valence electrons. The zero-order valence-electron chi connectivity index (χ0n) is 7.59. The summed E-state index contributed by atoms with van der Waals surface area (Å²) < 4.78 is 0. The number of aliphatic hydroxyl groups is 1. The minimum Gasteiger partial charge on any atom is -0.503 e. The van der Waals surface area contributed by atoms with Gasteiger partial charge in [0.05, 0.1) is 0 Å². The van der Waals surface area contributed by atoms with Gasteiger partial charge in [0.15, 0.2) is 5.76 Å². The molecule has 0 aromatic carbocycles. The Morgan fingerprint density at radius 2 is 2.25 bits per heavy atom. The Balaban J connectivity index is 4.27. The van der Waals surface area contributed by atoms with Gasteiger partial charge in [0.1, 0.15) is 0 Å². The van der Waals surface area contributed by atoms with E-state index in [-0.39, 0.29) is 5.76 Å². The van der Waals surface area contributed by atoms with Crippen LogP contribution in [0.1, 0.15) is 13.8 Å². The highest BCUT2D eigenvalue weighted by atomic mass is 16.3. The standard InChI is InChI=1S/C8H14N2O2/c1-4-10-8(12)7(11)5-6(2)9-3/h5,11H,4H2,1-3H3,(H,10,12)/b7-5-,9-6-. The molecule has 0 spiro atoms. The number of carbonyl (C=O) groups excluding carboxylic acids is 1. The highest BCUT2D eigenvalue weighted by Gasteiger charge is 2.04. The van der Waals surface area contributed by atoms with E-state index < -0.39 is 5.91 Å². The fourth-order valence-corrected chi connectivity index (χ4v) is 0.579. The lowest BCUT2D eigenvalue weighted by Crippen LogP contribution is -2.24. The normalized spacial score (nSPS) is 12.9. The Morgan fingerprint density at radius 1 is 1.67 bits per heavy atom. The van der Waals surface area contributed by atoms with Crippen LogP contribution in [0.25, 0.3) is 0 Å². The van der Waals surface area contributed by atoms with Crippen molar-refractivity contribution in [2.75, 3.05) is 13.6 Å². The van der Waals surface area contributed by atoms with Gasteiger partial charge in [-0.05, 0) is 13.8 Å². The molecule has 0 radical (unpaired) electrons. The lowest BCUT2D eigenvalue weighted by atomic mass is 10.3. The van der Waals surface area contributed by atoms with E-state index in [1.807, 2.05) is 0 Å². The Hall–Kier alpha value is -1.32. The molecule has 0 aromatic heterocycles. The summed E-state index contributed by atoms with van der Waals surface area (Å²) in [5.74, 6) is -0.777. The number of aliphatic imine (C=N–C) groups is 1. The van der Waals surface area contributed by atoms with Gasteiger partial charge in [-0.3, -0.25) is 9.79 Å². The molecule has 2 N–H and O–H groups in total. The number of allylic oxidation sites excluding steroid dienone is 1. The molecule has 0 atom stereocenters. The van der Waals surface area contributed by atoms with Crippen molar-refractivity contribution in [3.63, 3.8) is 0 Å². The van der Waals surface area contributed by atoms with Crippen LogP contribution in [-0.2, 0) is 4.79 Å². The molecular weight excluding hydrogens is 156 g/mol. The number of aliphatic hydroxyl groups excluding tert-OH is 1. The van der Waals surface area contributed by atoms with Crippen molar-refractivity contribution in [3.05, 3.63) is 11.8 Å². The van der Waals surface area contributed by atoms with Crippen molar-refractivity contribution in [2.24, 2.45) is 4.99 Å². The van der Waals surface area contributed by atoms with Crippen molar-refractivity contribution in [1.82, 2.24) is 5.32 Å². The number of likely N-dealkylation sites (N-methyl/N-ethyl adjacent to an activating group) is 1. The second-order valence-electron chi connectivity index (χ2n) is 2.25. The van der Waals surface area contributed by atoms with Gasteiger partial charge in [0.2, 0.25) is 0 Å². The number of nitrogens with zero attached hydrogens (tertiary/aromatic N) is 1. The van der Waals surface area contributed by atoms with Crippen LogP contribution in [0.3, 0.4) is 0 Å². The minimum absolute atomic E-state index is 0.306. The summed E-state index contributed by atoms with van der Waals surface area (Å²) in [7, 11) is 1.59. The molecular formula is C8H14N2O2. The van der Waals surface area contributed by atoms with Crippen LogP contribution in [0.5, 0.6) is 0 Å². The third kappa shape index (κ3) is 3.75. The van der Waals surface area contributed by atoms with Crippen LogP contribution in [0.2, 0.25) is 0 Å². The van der Waals surface area contributed by atoms with E-state index in [9.17, 15) is 4.79 Å². The number of amides is 1. The van der Waals surface area contributed by atoms with Crippen molar-refractivity contribution < 1.29 is 9.90 Å². The van der Waals surface area contributed by atoms with E-state index in [1.165, 1.54) is 6.08 Å². The third-order valence-corrected chi connectivity index (χ3v) is 1.27. The second kappa shape index (κ2) is 5.35. The SMILES string of the molecule is CCNC(=O)/C(O)=C/C(C)=N\C. The van der Waals surface area contributed by atoms with Crippen LogP contribution < -0.4 is 5.32 Å². The Kier molecular flexibility index (Phi) is 4.76. The summed E-state index contributed by atoms with van der Waals surface area (Å²) in [6, 6.07) is 0. The Bertz CT molecular complexity index is 219. The average Bonchev–Trinajstić information content (AvgIpc) is 2.04. The number of carbonyl (C=O) groups is 1. The molecule has 0 bridgehead atoms. The third-order valence-electron chi connectivity index (χ3n) is 1.27. The molecule has 0 saturated carbocycles. The topological polar surface area (TPSA) is 61.7 Å². The molecule has 4 nitrogen and oxygen atoms in total. The van der Waals surface area contributed by atoms with Gasteiger partial charge in [0.25, 0.3) is 5.91 Å². The molecule has 0 aliphatic heterocycles. The fraction of sp³-hybridized carbons (Fsp3) is 0.500.